The second-order valence-electron chi connectivity index (χ2n) is 6.03. The zero-order chi connectivity index (χ0) is 19.1. The van der Waals surface area contributed by atoms with Crippen LogP contribution in [0.5, 0.6) is 0 Å². The Morgan fingerprint density at radius 3 is 2.15 bits per heavy atom. The summed E-state index contributed by atoms with van der Waals surface area (Å²) < 4.78 is 0. The largest absolute Gasteiger partial charge is 0.478 e. The Kier molecular flexibility index (Phi) is 6.67. The molecule has 26 heavy (non-hydrogen) atoms. The molecule has 0 saturated heterocycles. The number of carboxylic acids is 1. The molecule has 0 heterocycles. The third-order valence-electron chi connectivity index (χ3n) is 4.36. The maximum atomic E-state index is 12.9. The number of carbonyl (C=O) groups is 3. The van der Waals surface area contributed by atoms with Crippen LogP contribution in [0.1, 0.15) is 60.1 Å². The predicted molar refractivity (Wildman–Crippen MR) is 99.1 cm³/mol. The smallest absolute Gasteiger partial charge is 0.336 e. The molecule has 5 heteroatoms. The molecular weight excluding hydrogens is 330 g/mol. The maximum Gasteiger partial charge on any atom is 0.336 e. The first-order valence-electron chi connectivity index (χ1n) is 8.69. The zero-order valence-corrected chi connectivity index (χ0v) is 14.9. The zero-order valence-electron chi connectivity index (χ0n) is 14.9. The molecule has 1 amide bonds. The second-order valence-corrected chi connectivity index (χ2v) is 6.03. The molecule has 0 radical (unpaired) electrons. The molecule has 2 rings (SSSR count). The topological polar surface area (TPSA) is 83.5 Å². The van der Waals surface area contributed by atoms with Crippen molar-refractivity contribution in [2.24, 2.45) is 0 Å². The Morgan fingerprint density at radius 2 is 1.58 bits per heavy atom. The molecule has 0 aliphatic rings. The Bertz CT molecular complexity index is 786. The van der Waals surface area contributed by atoms with Crippen molar-refractivity contribution in [3.05, 3.63) is 71.3 Å². The van der Waals surface area contributed by atoms with Crippen molar-refractivity contribution in [2.45, 2.75) is 38.6 Å². The van der Waals surface area contributed by atoms with E-state index in [1.165, 1.54) is 12.1 Å². The summed E-state index contributed by atoms with van der Waals surface area (Å²) in [5.41, 5.74) is 1.15. The number of amides is 1. The second kappa shape index (κ2) is 8.94. The molecule has 2 aromatic carbocycles. The minimum Gasteiger partial charge on any atom is -0.478 e. The quantitative estimate of drug-likeness (QED) is 0.709. The fourth-order valence-corrected chi connectivity index (χ4v) is 2.97. The van der Waals surface area contributed by atoms with Crippen molar-refractivity contribution in [3.8, 4) is 0 Å². The van der Waals surface area contributed by atoms with E-state index in [4.69, 9.17) is 0 Å². The van der Waals surface area contributed by atoms with Crippen LogP contribution in [0.3, 0.4) is 0 Å². The van der Waals surface area contributed by atoms with Crippen molar-refractivity contribution in [3.63, 3.8) is 0 Å². The normalized spacial score (nSPS) is 12.8. The monoisotopic (exact) mass is 353 g/mol. The van der Waals surface area contributed by atoms with Gasteiger partial charge in [0.25, 0.3) is 0 Å². The van der Waals surface area contributed by atoms with Crippen LogP contribution in [-0.4, -0.2) is 22.8 Å². The molecule has 0 aliphatic heterocycles. The van der Waals surface area contributed by atoms with E-state index in [0.29, 0.717) is 6.42 Å². The molecule has 0 saturated carbocycles. The van der Waals surface area contributed by atoms with Crippen LogP contribution in [0.15, 0.2) is 54.6 Å². The van der Waals surface area contributed by atoms with Gasteiger partial charge in [0.2, 0.25) is 5.91 Å². The third kappa shape index (κ3) is 4.36. The highest BCUT2D eigenvalue weighted by Crippen LogP contribution is 2.25. The highest BCUT2D eigenvalue weighted by atomic mass is 16.4. The molecule has 0 bridgehead atoms. The minimum absolute atomic E-state index is 0.0257. The van der Waals surface area contributed by atoms with Gasteiger partial charge in [-0.05, 0) is 23.6 Å². The lowest BCUT2D eigenvalue weighted by molar-refractivity contribution is -0.130. The van der Waals surface area contributed by atoms with Crippen LogP contribution >= 0.6 is 0 Å². The molecular formula is C21H23NO4. The van der Waals surface area contributed by atoms with Crippen LogP contribution in [0.2, 0.25) is 0 Å². The van der Waals surface area contributed by atoms with Gasteiger partial charge in [-0.25, -0.2) is 4.79 Å². The van der Waals surface area contributed by atoms with Gasteiger partial charge >= 0.3 is 5.97 Å². The number of hydrogen-bond acceptors (Lipinski definition) is 3. The van der Waals surface area contributed by atoms with Crippen LogP contribution in [0.4, 0.5) is 0 Å². The first-order chi connectivity index (χ1) is 12.5. The number of carbonyl (C=O) groups excluding carboxylic acids is 2. The van der Waals surface area contributed by atoms with Gasteiger partial charge in [0.05, 0.1) is 11.6 Å². The lowest BCUT2D eigenvalue weighted by Crippen LogP contribution is -2.36. The van der Waals surface area contributed by atoms with E-state index in [1.807, 2.05) is 37.3 Å². The highest BCUT2D eigenvalue weighted by molar-refractivity contribution is 6.08. The first kappa shape index (κ1) is 19.4. The molecule has 0 aromatic heterocycles. The van der Waals surface area contributed by atoms with E-state index in [2.05, 4.69) is 5.32 Å². The molecule has 0 aliphatic carbocycles. The van der Waals surface area contributed by atoms with Crippen molar-refractivity contribution in [2.75, 3.05) is 0 Å². The summed E-state index contributed by atoms with van der Waals surface area (Å²) in [5, 5.41) is 12.3. The lowest BCUT2D eigenvalue weighted by Gasteiger charge is -2.22. The number of nitrogens with one attached hydrogen (secondary N) is 1. The molecule has 2 aromatic rings. The van der Waals surface area contributed by atoms with Crippen molar-refractivity contribution < 1.29 is 19.5 Å². The van der Waals surface area contributed by atoms with Crippen molar-refractivity contribution >= 4 is 17.7 Å². The Morgan fingerprint density at radius 1 is 0.962 bits per heavy atom. The average Bonchev–Trinajstić information content (AvgIpc) is 2.67. The molecule has 2 N–H and O–H groups in total. The van der Waals surface area contributed by atoms with Crippen LogP contribution in [0.25, 0.3) is 0 Å². The van der Waals surface area contributed by atoms with Gasteiger partial charge < -0.3 is 10.4 Å². The first-order valence-corrected chi connectivity index (χ1v) is 8.69. The molecule has 2 atom stereocenters. The molecule has 136 valence electrons. The number of aromatic carboxylic acids is 1. The summed E-state index contributed by atoms with van der Waals surface area (Å²) in [5.74, 6) is -3.07. The summed E-state index contributed by atoms with van der Waals surface area (Å²) in [6.07, 6.45) is 0.803. The number of hydrogen-bond donors (Lipinski definition) is 2. The van der Waals surface area contributed by atoms with Gasteiger partial charge in [-0.3, -0.25) is 9.59 Å². The van der Waals surface area contributed by atoms with Gasteiger partial charge in [0.15, 0.2) is 0 Å². The Hall–Kier alpha value is -2.95. The molecule has 5 nitrogen and oxygen atoms in total. The average molecular weight is 353 g/mol. The number of Topliss-reactive ketones (excluding diaryl/α,β-unsaturated/α-hetero) is 1. The summed E-state index contributed by atoms with van der Waals surface area (Å²) in [6.45, 7) is 3.61. The summed E-state index contributed by atoms with van der Waals surface area (Å²) in [6, 6.07) is 15.4. The number of benzene rings is 2. The summed E-state index contributed by atoms with van der Waals surface area (Å²) in [7, 11) is 0. The van der Waals surface area contributed by atoms with Gasteiger partial charge in [-0.15, -0.1) is 0 Å². The van der Waals surface area contributed by atoms with Crippen LogP contribution in [0, 0.1) is 0 Å². The minimum atomic E-state index is -1.16. The Labute approximate surface area is 153 Å². The van der Waals surface area contributed by atoms with Crippen LogP contribution < -0.4 is 5.32 Å². The highest BCUT2D eigenvalue weighted by Gasteiger charge is 2.31. The summed E-state index contributed by atoms with van der Waals surface area (Å²) in [4.78, 5) is 36.9. The van der Waals surface area contributed by atoms with Gasteiger partial charge in [-0.2, -0.15) is 0 Å². The number of carboxylic acid groups (broad SMARTS) is 1. The van der Waals surface area contributed by atoms with Crippen molar-refractivity contribution in [1.29, 1.82) is 0 Å². The molecule has 0 spiro atoms. The van der Waals surface area contributed by atoms with E-state index in [1.54, 1.807) is 19.1 Å². The van der Waals surface area contributed by atoms with E-state index < -0.39 is 17.8 Å². The van der Waals surface area contributed by atoms with Gasteiger partial charge in [0, 0.05) is 6.42 Å². The molecule has 2 unspecified atom stereocenters. The number of ketones is 1. The molecule has 0 fully saturated rings. The maximum absolute atomic E-state index is 12.9. The lowest BCUT2D eigenvalue weighted by atomic mass is 9.88. The SMILES string of the molecule is CCC(=O)C(C(=O)NC(CC)c1ccccc1)c1ccccc1C(=O)O. The van der Waals surface area contributed by atoms with E-state index in [-0.39, 0.29) is 29.4 Å². The third-order valence-corrected chi connectivity index (χ3v) is 4.36. The van der Waals surface area contributed by atoms with E-state index >= 15 is 0 Å². The van der Waals surface area contributed by atoms with E-state index in [0.717, 1.165) is 5.56 Å². The fourth-order valence-electron chi connectivity index (χ4n) is 2.97. The van der Waals surface area contributed by atoms with E-state index in [9.17, 15) is 19.5 Å². The van der Waals surface area contributed by atoms with Crippen molar-refractivity contribution in [1.82, 2.24) is 5.32 Å². The standard InChI is InChI=1S/C21H23NO4/c1-3-17(14-10-6-5-7-11-14)22-20(24)19(18(23)4-2)15-12-8-9-13-16(15)21(25)26/h5-13,17,19H,3-4H2,1-2H3,(H,22,24)(H,25,26). The Balaban J connectivity index is 2.37. The predicted octanol–water partition coefficient (Wildman–Crippen LogP) is 3.72. The number of rotatable bonds is 8. The van der Waals surface area contributed by atoms with Gasteiger partial charge in [-0.1, -0.05) is 62.4 Å². The summed E-state index contributed by atoms with van der Waals surface area (Å²) >= 11 is 0. The van der Waals surface area contributed by atoms with Crippen LogP contribution in [-0.2, 0) is 9.59 Å². The fraction of sp³-hybridized carbons (Fsp3) is 0.286. The van der Waals surface area contributed by atoms with Gasteiger partial charge in [0.1, 0.15) is 11.7 Å².